The molecule has 2 rings (SSSR count). The van der Waals surface area contributed by atoms with E-state index in [9.17, 15) is 14.4 Å². The number of rotatable bonds is 3. The fourth-order valence-electron chi connectivity index (χ4n) is 2.47. The average Bonchev–Trinajstić information content (AvgIpc) is 2.58. The van der Waals surface area contributed by atoms with E-state index < -0.39 is 11.9 Å². The molecule has 1 aromatic carbocycles. The van der Waals surface area contributed by atoms with Crippen molar-refractivity contribution in [2.24, 2.45) is 0 Å². The van der Waals surface area contributed by atoms with Crippen LogP contribution < -0.4 is 10.2 Å². The van der Waals surface area contributed by atoms with E-state index in [-0.39, 0.29) is 12.5 Å². The molecule has 124 valence electrons. The first-order valence-electron chi connectivity index (χ1n) is 7.47. The van der Waals surface area contributed by atoms with E-state index in [2.05, 4.69) is 27.1 Å². The molecule has 1 aliphatic heterocycles. The summed E-state index contributed by atoms with van der Waals surface area (Å²) in [6.07, 6.45) is 0. The van der Waals surface area contributed by atoms with Gasteiger partial charge in [0.2, 0.25) is 5.91 Å². The molecule has 1 heterocycles. The normalized spacial score (nSPS) is 14.3. The molecule has 23 heavy (non-hydrogen) atoms. The largest absolute Gasteiger partial charge is 0.462 e. The number of carbonyl (C=O) groups excluding carboxylic acids is 3. The van der Waals surface area contributed by atoms with Gasteiger partial charge in [0.15, 0.2) is 0 Å². The van der Waals surface area contributed by atoms with Crippen LogP contribution in [0.3, 0.4) is 0 Å². The summed E-state index contributed by atoms with van der Waals surface area (Å²) in [7, 11) is 1.12. The molecule has 7 nitrogen and oxygen atoms in total. The van der Waals surface area contributed by atoms with Gasteiger partial charge in [-0.1, -0.05) is 12.1 Å². The minimum atomic E-state index is -0.998. The lowest BCUT2D eigenvalue weighted by Crippen LogP contribution is -2.51. The molecule has 2 amide bonds. The number of hydrogen-bond donors (Lipinski definition) is 1. The van der Waals surface area contributed by atoms with E-state index in [1.54, 1.807) is 4.90 Å². The molecule has 0 atom stereocenters. The Morgan fingerprint density at radius 2 is 1.87 bits per heavy atom. The summed E-state index contributed by atoms with van der Waals surface area (Å²) in [6, 6.07) is 8.24. The quantitative estimate of drug-likeness (QED) is 0.623. The fraction of sp³-hybridized carbons (Fsp3) is 0.438. The maximum Gasteiger partial charge on any atom is 0.396 e. The van der Waals surface area contributed by atoms with Gasteiger partial charge in [0, 0.05) is 31.9 Å². The van der Waals surface area contributed by atoms with Crippen molar-refractivity contribution >= 4 is 23.5 Å². The zero-order valence-corrected chi connectivity index (χ0v) is 13.4. The third-order valence-electron chi connectivity index (χ3n) is 3.77. The number of aryl methyl sites for hydroxylation is 1. The standard InChI is InChI=1S/C16H21N3O4/c1-12-4-3-5-13(10-12)18-6-8-19(9-7-18)14(20)11-17-15(21)16(22)23-2/h3-5,10H,6-9,11H2,1-2H3,(H,17,21). The molecule has 0 unspecified atom stereocenters. The van der Waals surface area contributed by atoms with Crippen molar-refractivity contribution in [3.63, 3.8) is 0 Å². The molecule has 0 radical (unpaired) electrons. The molecule has 1 aromatic rings. The van der Waals surface area contributed by atoms with Crippen LogP contribution in [0.5, 0.6) is 0 Å². The minimum absolute atomic E-state index is 0.196. The zero-order chi connectivity index (χ0) is 16.8. The Hall–Kier alpha value is -2.57. The summed E-state index contributed by atoms with van der Waals surface area (Å²) in [4.78, 5) is 38.2. The Labute approximate surface area is 135 Å². The molecular formula is C16H21N3O4. The van der Waals surface area contributed by atoms with Gasteiger partial charge in [-0.15, -0.1) is 0 Å². The molecule has 1 N–H and O–H groups in total. The van der Waals surface area contributed by atoms with Crippen molar-refractivity contribution in [3.05, 3.63) is 29.8 Å². The summed E-state index contributed by atoms with van der Waals surface area (Å²) in [5.41, 5.74) is 2.35. The smallest absolute Gasteiger partial charge is 0.396 e. The van der Waals surface area contributed by atoms with Gasteiger partial charge in [0.25, 0.3) is 0 Å². The van der Waals surface area contributed by atoms with Gasteiger partial charge in [-0.05, 0) is 24.6 Å². The van der Waals surface area contributed by atoms with Crippen molar-refractivity contribution < 1.29 is 19.1 Å². The predicted molar refractivity (Wildman–Crippen MR) is 85.0 cm³/mol. The first kappa shape index (κ1) is 16.8. The number of nitrogens with one attached hydrogen (secondary N) is 1. The number of carbonyl (C=O) groups is 3. The third-order valence-corrected chi connectivity index (χ3v) is 3.77. The lowest BCUT2D eigenvalue weighted by atomic mass is 10.2. The second-order valence-electron chi connectivity index (χ2n) is 5.38. The third kappa shape index (κ3) is 4.45. The number of anilines is 1. The molecule has 0 aromatic heterocycles. The van der Waals surface area contributed by atoms with Crippen molar-refractivity contribution in [1.29, 1.82) is 0 Å². The van der Waals surface area contributed by atoms with Gasteiger partial charge in [0.05, 0.1) is 13.7 Å². The van der Waals surface area contributed by atoms with Crippen molar-refractivity contribution in [2.45, 2.75) is 6.92 Å². The maximum absolute atomic E-state index is 12.1. The number of benzene rings is 1. The zero-order valence-electron chi connectivity index (χ0n) is 13.4. The Morgan fingerprint density at radius 1 is 1.17 bits per heavy atom. The molecular weight excluding hydrogens is 298 g/mol. The van der Waals surface area contributed by atoms with Crippen LogP contribution in [0, 0.1) is 6.92 Å². The number of ether oxygens (including phenoxy) is 1. The van der Waals surface area contributed by atoms with E-state index in [1.165, 1.54) is 5.56 Å². The molecule has 0 spiro atoms. The number of amides is 2. The maximum atomic E-state index is 12.1. The van der Waals surface area contributed by atoms with Crippen LogP contribution in [0.2, 0.25) is 0 Å². The summed E-state index contributed by atoms with van der Waals surface area (Å²) in [5, 5.41) is 2.26. The minimum Gasteiger partial charge on any atom is -0.462 e. The first-order valence-corrected chi connectivity index (χ1v) is 7.47. The van der Waals surface area contributed by atoms with E-state index in [0.717, 1.165) is 25.9 Å². The molecule has 0 saturated carbocycles. The Balaban J connectivity index is 1.81. The molecule has 1 saturated heterocycles. The van der Waals surface area contributed by atoms with Crippen LogP contribution in [-0.4, -0.2) is 62.5 Å². The molecule has 1 fully saturated rings. The van der Waals surface area contributed by atoms with Crippen molar-refractivity contribution in [2.75, 3.05) is 44.7 Å². The van der Waals surface area contributed by atoms with E-state index in [4.69, 9.17) is 0 Å². The van der Waals surface area contributed by atoms with Gasteiger partial charge in [-0.2, -0.15) is 0 Å². The topological polar surface area (TPSA) is 78.9 Å². The monoisotopic (exact) mass is 319 g/mol. The first-order chi connectivity index (χ1) is 11.0. The van der Waals surface area contributed by atoms with E-state index in [1.807, 2.05) is 19.1 Å². The van der Waals surface area contributed by atoms with Crippen LogP contribution in [0.15, 0.2) is 24.3 Å². The highest BCUT2D eigenvalue weighted by molar-refractivity contribution is 6.32. The number of methoxy groups -OCH3 is 1. The Kier molecular flexibility index (Phi) is 5.56. The van der Waals surface area contributed by atoms with E-state index in [0.29, 0.717) is 13.1 Å². The lowest BCUT2D eigenvalue weighted by Gasteiger charge is -2.36. The Morgan fingerprint density at radius 3 is 2.48 bits per heavy atom. The lowest BCUT2D eigenvalue weighted by molar-refractivity contribution is -0.153. The number of piperazine rings is 1. The summed E-state index contributed by atoms with van der Waals surface area (Å²) in [5.74, 6) is -2.10. The second-order valence-corrected chi connectivity index (χ2v) is 5.38. The van der Waals surface area contributed by atoms with Crippen molar-refractivity contribution in [3.8, 4) is 0 Å². The van der Waals surface area contributed by atoms with Gasteiger partial charge < -0.3 is 19.9 Å². The van der Waals surface area contributed by atoms with Gasteiger partial charge in [0.1, 0.15) is 0 Å². The van der Waals surface area contributed by atoms with Crippen LogP contribution in [-0.2, 0) is 19.1 Å². The highest BCUT2D eigenvalue weighted by Gasteiger charge is 2.22. The summed E-state index contributed by atoms with van der Waals surface area (Å²) < 4.78 is 4.28. The molecule has 0 bridgehead atoms. The molecule has 7 heteroatoms. The number of esters is 1. The van der Waals surface area contributed by atoms with E-state index >= 15 is 0 Å². The van der Waals surface area contributed by atoms with Crippen molar-refractivity contribution in [1.82, 2.24) is 10.2 Å². The fourth-order valence-corrected chi connectivity index (χ4v) is 2.47. The highest BCUT2D eigenvalue weighted by Crippen LogP contribution is 2.17. The highest BCUT2D eigenvalue weighted by atomic mass is 16.5. The molecule has 0 aliphatic carbocycles. The van der Waals surface area contributed by atoms with Gasteiger partial charge in [-0.3, -0.25) is 9.59 Å². The number of nitrogens with zero attached hydrogens (tertiary/aromatic N) is 2. The summed E-state index contributed by atoms with van der Waals surface area (Å²) in [6.45, 7) is 4.49. The van der Waals surface area contributed by atoms with Crippen LogP contribution in [0.1, 0.15) is 5.56 Å². The SMILES string of the molecule is COC(=O)C(=O)NCC(=O)N1CCN(c2cccc(C)c2)CC1. The summed E-state index contributed by atoms with van der Waals surface area (Å²) >= 11 is 0. The second kappa shape index (κ2) is 7.62. The number of hydrogen-bond acceptors (Lipinski definition) is 5. The predicted octanol–water partition coefficient (Wildman–Crippen LogP) is -0.0672. The van der Waals surface area contributed by atoms with Crippen LogP contribution in [0.4, 0.5) is 5.69 Å². The van der Waals surface area contributed by atoms with Gasteiger partial charge >= 0.3 is 11.9 Å². The molecule has 1 aliphatic rings. The average molecular weight is 319 g/mol. The van der Waals surface area contributed by atoms with Crippen LogP contribution >= 0.6 is 0 Å². The Bertz CT molecular complexity index is 595. The van der Waals surface area contributed by atoms with Crippen LogP contribution in [0.25, 0.3) is 0 Å². The van der Waals surface area contributed by atoms with Gasteiger partial charge in [-0.25, -0.2) is 4.79 Å².